The molecule has 1 aliphatic heterocycles. The molecular formula is C23H31FN3O+. The van der Waals surface area contributed by atoms with Crippen molar-refractivity contribution in [3.8, 4) is 0 Å². The van der Waals surface area contributed by atoms with Crippen molar-refractivity contribution in [2.75, 3.05) is 38.1 Å². The van der Waals surface area contributed by atoms with E-state index in [1.165, 1.54) is 33.8 Å². The van der Waals surface area contributed by atoms with E-state index < -0.39 is 0 Å². The van der Waals surface area contributed by atoms with Crippen molar-refractivity contribution in [2.45, 2.75) is 33.4 Å². The lowest BCUT2D eigenvalue weighted by molar-refractivity contribution is -0.915. The van der Waals surface area contributed by atoms with Crippen LogP contribution in [0.3, 0.4) is 0 Å². The molecule has 0 aromatic heterocycles. The number of nitrogens with one attached hydrogen (secondary N) is 1. The largest absolute Gasteiger partial charge is 0.360 e. The molecule has 0 unspecified atom stereocenters. The number of hydrogen-bond acceptors (Lipinski definition) is 2. The molecule has 1 atom stereocenters. The Balaban J connectivity index is 1.57. The maximum Gasteiger partial charge on any atom is 0.280 e. The highest BCUT2D eigenvalue weighted by molar-refractivity contribution is 5.79. The summed E-state index contributed by atoms with van der Waals surface area (Å²) < 4.78 is 13.4. The van der Waals surface area contributed by atoms with Gasteiger partial charge >= 0.3 is 0 Å². The molecule has 0 saturated carbocycles. The van der Waals surface area contributed by atoms with Crippen molar-refractivity contribution in [3.05, 3.63) is 65.0 Å². The average molecular weight is 385 g/mol. The average Bonchev–Trinajstić information content (AvgIpc) is 2.69. The highest BCUT2D eigenvalue weighted by atomic mass is 19.1. The van der Waals surface area contributed by atoms with Gasteiger partial charge in [0.1, 0.15) is 5.82 Å². The molecule has 5 heteroatoms. The van der Waals surface area contributed by atoms with Crippen LogP contribution in [0, 0.1) is 19.7 Å². The highest BCUT2D eigenvalue weighted by Crippen LogP contribution is 2.22. The number of hydrogen-bond donors (Lipinski definition) is 1. The van der Waals surface area contributed by atoms with Gasteiger partial charge in [-0.05, 0) is 55.7 Å². The number of rotatable bonds is 5. The van der Waals surface area contributed by atoms with E-state index in [0.717, 1.165) is 31.7 Å². The summed E-state index contributed by atoms with van der Waals surface area (Å²) in [6, 6.07) is 12.8. The highest BCUT2D eigenvalue weighted by Gasteiger charge is 2.31. The Morgan fingerprint density at radius 3 is 2.54 bits per heavy atom. The first-order valence-electron chi connectivity index (χ1n) is 10.0. The maximum absolute atomic E-state index is 13.4. The number of carbonyl (C=O) groups is 1. The van der Waals surface area contributed by atoms with E-state index in [4.69, 9.17) is 0 Å². The lowest BCUT2D eigenvalue weighted by atomic mass is 10.1. The molecule has 2 aromatic rings. The van der Waals surface area contributed by atoms with E-state index in [2.05, 4.69) is 36.9 Å². The Morgan fingerprint density at radius 1 is 1.18 bits per heavy atom. The Kier molecular flexibility index (Phi) is 6.35. The van der Waals surface area contributed by atoms with Gasteiger partial charge in [-0.3, -0.25) is 4.79 Å². The second kappa shape index (κ2) is 8.74. The number of nitrogens with zero attached hydrogens (tertiary/aromatic N) is 2. The molecule has 1 heterocycles. The number of aryl methyl sites for hydroxylation is 1. The van der Waals surface area contributed by atoms with Crippen LogP contribution in [-0.2, 0) is 11.3 Å². The van der Waals surface area contributed by atoms with Crippen molar-refractivity contribution in [2.24, 2.45) is 0 Å². The zero-order valence-electron chi connectivity index (χ0n) is 17.3. The van der Waals surface area contributed by atoms with Gasteiger partial charge in [0, 0.05) is 19.3 Å². The Morgan fingerprint density at radius 2 is 1.86 bits per heavy atom. The zero-order valence-corrected chi connectivity index (χ0v) is 17.3. The minimum atomic E-state index is -0.264. The Hall–Kier alpha value is -2.40. The molecule has 28 heavy (non-hydrogen) atoms. The van der Waals surface area contributed by atoms with Gasteiger partial charge in [-0.25, -0.2) is 4.39 Å². The molecule has 3 rings (SSSR count). The molecule has 4 nitrogen and oxygen atoms in total. The van der Waals surface area contributed by atoms with Crippen LogP contribution in [0.15, 0.2) is 42.5 Å². The van der Waals surface area contributed by atoms with Gasteiger partial charge < -0.3 is 14.7 Å². The van der Waals surface area contributed by atoms with Gasteiger partial charge in [-0.2, -0.15) is 0 Å². The monoisotopic (exact) mass is 384 g/mol. The number of likely N-dealkylation sites (N-methyl/N-ethyl adjacent to an activating group) is 1. The number of amides is 1. The predicted octanol–water partition coefficient (Wildman–Crippen LogP) is 2.19. The number of anilines is 1. The fraction of sp³-hybridized carbons (Fsp3) is 0.435. The van der Waals surface area contributed by atoms with E-state index in [9.17, 15) is 9.18 Å². The molecule has 0 radical (unpaired) electrons. The first kappa shape index (κ1) is 20.3. The Bertz CT molecular complexity index is 830. The van der Waals surface area contributed by atoms with E-state index in [-0.39, 0.29) is 17.8 Å². The molecular weight excluding hydrogens is 353 g/mol. The summed E-state index contributed by atoms with van der Waals surface area (Å²) in [6.45, 7) is 10.5. The SMILES string of the molecule is Cc1cccc(N2CC[NH+]([C@H](C)C(=O)N(C)Cc3cccc(F)c3)CC2)c1C. The first-order chi connectivity index (χ1) is 13.4. The van der Waals surface area contributed by atoms with Crippen molar-refractivity contribution >= 4 is 11.6 Å². The van der Waals surface area contributed by atoms with Crippen LogP contribution in [0.1, 0.15) is 23.6 Å². The third-order valence-electron chi connectivity index (χ3n) is 5.99. The second-order valence-corrected chi connectivity index (χ2v) is 7.91. The summed E-state index contributed by atoms with van der Waals surface area (Å²) in [5.41, 5.74) is 4.78. The van der Waals surface area contributed by atoms with Crippen LogP contribution in [0.4, 0.5) is 10.1 Å². The molecule has 1 N–H and O–H groups in total. The van der Waals surface area contributed by atoms with Gasteiger partial charge in [-0.1, -0.05) is 24.3 Å². The molecule has 150 valence electrons. The van der Waals surface area contributed by atoms with Crippen LogP contribution in [0.2, 0.25) is 0 Å². The topological polar surface area (TPSA) is 28.0 Å². The number of halogens is 1. The van der Waals surface area contributed by atoms with Gasteiger partial charge in [-0.15, -0.1) is 0 Å². The van der Waals surface area contributed by atoms with Crippen LogP contribution < -0.4 is 9.80 Å². The molecule has 1 saturated heterocycles. The van der Waals surface area contributed by atoms with Crippen LogP contribution in [-0.4, -0.2) is 50.1 Å². The van der Waals surface area contributed by atoms with Gasteiger partial charge in [0.15, 0.2) is 6.04 Å². The molecule has 2 aromatic carbocycles. The Labute approximate surface area is 167 Å². The number of benzene rings is 2. The standard InChI is InChI=1S/C23H30FN3O/c1-17-7-5-10-22(18(17)2)27-13-11-26(12-14-27)19(3)23(28)25(4)16-20-8-6-9-21(24)15-20/h5-10,15,19H,11-14,16H2,1-4H3/p+1/t19-/m1/s1. The molecule has 0 spiro atoms. The van der Waals surface area contributed by atoms with Crippen LogP contribution in [0.5, 0.6) is 0 Å². The summed E-state index contributed by atoms with van der Waals surface area (Å²) in [5, 5.41) is 0. The number of carbonyl (C=O) groups excluding carboxylic acids is 1. The quantitative estimate of drug-likeness (QED) is 0.856. The van der Waals surface area contributed by atoms with Crippen molar-refractivity contribution in [1.29, 1.82) is 0 Å². The molecule has 1 aliphatic rings. The normalized spacial score (nSPS) is 16.1. The van der Waals surface area contributed by atoms with Crippen molar-refractivity contribution in [1.82, 2.24) is 4.90 Å². The molecule has 0 aliphatic carbocycles. The number of piperazine rings is 1. The molecule has 1 amide bonds. The van der Waals surface area contributed by atoms with E-state index in [0.29, 0.717) is 6.54 Å². The maximum atomic E-state index is 13.4. The minimum absolute atomic E-state index is 0.0979. The second-order valence-electron chi connectivity index (χ2n) is 7.91. The van der Waals surface area contributed by atoms with Gasteiger partial charge in [0.05, 0.1) is 26.2 Å². The third-order valence-corrected chi connectivity index (χ3v) is 5.99. The van der Waals surface area contributed by atoms with Gasteiger partial charge in [0.2, 0.25) is 0 Å². The lowest BCUT2D eigenvalue weighted by Crippen LogP contribution is -3.19. The fourth-order valence-corrected chi connectivity index (χ4v) is 4.04. The minimum Gasteiger partial charge on any atom is -0.360 e. The van der Waals surface area contributed by atoms with E-state index >= 15 is 0 Å². The van der Waals surface area contributed by atoms with Crippen molar-refractivity contribution < 1.29 is 14.1 Å². The van der Waals surface area contributed by atoms with E-state index in [1.807, 2.05) is 13.0 Å². The summed E-state index contributed by atoms with van der Waals surface area (Å²) in [5.74, 6) is -0.154. The smallest absolute Gasteiger partial charge is 0.280 e. The van der Waals surface area contributed by atoms with Crippen LogP contribution in [0.25, 0.3) is 0 Å². The van der Waals surface area contributed by atoms with Crippen LogP contribution >= 0.6 is 0 Å². The summed E-state index contributed by atoms with van der Waals surface area (Å²) in [7, 11) is 1.80. The summed E-state index contributed by atoms with van der Waals surface area (Å²) >= 11 is 0. The lowest BCUT2D eigenvalue weighted by Gasteiger charge is -2.37. The zero-order chi connectivity index (χ0) is 20.3. The van der Waals surface area contributed by atoms with Gasteiger partial charge in [0.25, 0.3) is 5.91 Å². The molecule has 1 fully saturated rings. The fourth-order valence-electron chi connectivity index (χ4n) is 4.04. The third kappa shape index (κ3) is 4.53. The van der Waals surface area contributed by atoms with Crippen molar-refractivity contribution in [3.63, 3.8) is 0 Å². The number of quaternary nitrogens is 1. The molecule has 0 bridgehead atoms. The summed E-state index contributed by atoms with van der Waals surface area (Å²) in [4.78, 5) is 18.3. The first-order valence-corrected chi connectivity index (χ1v) is 10.0. The predicted molar refractivity (Wildman–Crippen MR) is 111 cm³/mol. The van der Waals surface area contributed by atoms with E-state index in [1.54, 1.807) is 18.0 Å². The summed E-state index contributed by atoms with van der Waals surface area (Å²) in [6.07, 6.45) is 0.